The average molecular weight is 327 g/mol. The van der Waals surface area contributed by atoms with Crippen LogP contribution in [0.1, 0.15) is 43.3 Å². The van der Waals surface area contributed by atoms with Gasteiger partial charge in [-0.05, 0) is 44.9 Å². The maximum atomic E-state index is 4.42. The Balaban J connectivity index is 1.41. The molecule has 3 heterocycles. The molecule has 2 aromatic rings. The summed E-state index contributed by atoms with van der Waals surface area (Å²) in [6, 6.07) is 4.50. The zero-order chi connectivity index (χ0) is 16.5. The second-order valence-corrected chi connectivity index (χ2v) is 7.05. The van der Waals surface area contributed by atoms with Crippen molar-refractivity contribution in [3.8, 4) is 0 Å². The first-order valence-corrected chi connectivity index (χ1v) is 8.83. The maximum Gasteiger partial charge on any atom is 0.151 e. The van der Waals surface area contributed by atoms with Gasteiger partial charge in [0.15, 0.2) is 5.82 Å². The number of piperidine rings is 1. The van der Waals surface area contributed by atoms with Gasteiger partial charge in [-0.3, -0.25) is 4.90 Å². The van der Waals surface area contributed by atoms with Crippen molar-refractivity contribution in [3.63, 3.8) is 0 Å². The fourth-order valence-corrected chi connectivity index (χ4v) is 3.55. The van der Waals surface area contributed by atoms with E-state index in [2.05, 4.69) is 48.9 Å². The van der Waals surface area contributed by atoms with Crippen molar-refractivity contribution >= 4 is 5.82 Å². The molecule has 0 spiro atoms. The van der Waals surface area contributed by atoms with Gasteiger partial charge in [0.25, 0.3) is 0 Å². The van der Waals surface area contributed by atoms with Crippen LogP contribution in [0.4, 0.5) is 5.82 Å². The fourth-order valence-electron chi connectivity index (χ4n) is 3.55. The maximum absolute atomic E-state index is 4.42. The highest BCUT2D eigenvalue weighted by Gasteiger charge is 2.30. The lowest BCUT2D eigenvalue weighted by Gasteiger charge is -2.37. The zero-order valence-electron chi connectivity index (χ0n) is 14.5. The SMILES string of the molecule is CN(Cc1nnc(C2CC2)n1C)C1CCCN(c2cccnn2)C1. The van der Waals surface area contributed by atoms with Gasteiger partial charge >= 0.3 is 0 Å². The standard InChI is InChI=1S/C17H25N7/c1-22(12-16-20-21-17(23(16)2)13-7-8-13)14-5-4-10-24(11-14)15-6-3-9-18-19-15/h3,6,9,13-14H,4-5,7-8,10-12H2,1-2H3. The van der Waals surface area contributed by atoms with E-state index in [0.717, 1.165) is 37.1 Å². The summed E-state index contributed by atoms with van der Waals surface area (Å²) in [6.45, 7) is 2.89. The summed E-state index contributed by atoms with van der Waals surface area (Å²) >= 11 is 0. The molecule has 7 nitrogen and oxygen atoms in total. The number of likely N-dealkylation sites (N-methyl/N-ethyl adjacent to an activating group) is 1. The van der Waals surface area contributed by atoms with Crippen molar-refractivity contribution in [3.05, 3.63) is 30.0 Å². The minimum Gasteiger partial charge on any atom is -0.354 e. The third-order valence-electron chi connectivity index (χ3n) is 5.23. The molecular weight excluding hydrogens is 302 g/mol. The van der Waals surface area contributed by atoms with Crippen molar-refractivity contribution in [1.29, 1.82) is 0 Å². The molecule has 4 rings (SSSR count). The quantitative estimate of drug-likeness (QED) is 0.831. The normalized spacial score (nSPS) is 21.5. The van der Waals surface area contributed by atoms with Gasteiger partial charge in [0.05, 0.1) is 6.54 Å². The Morgan fingerprint density at radius 3 is 2.83 bits per heavy atom. The molecule has 1 aliphatic heterocycles. The van der Waals surface area contributed by atoms with Gasteiger partial charge in [-0.15, -0.1) is 15.3 Å². The van der Waals surface area contributed by atoms with Crippen LogP contribution in [0.5, 0.6) is 0 Å². The molecule has 2 aromatic heterocycles. The van der Waals surface area contributed by atoms with Gasteiger partial charge in [-0.1, -0.05) is 0 Å². The van der Waals surface area contributed by atoms with Crippen LogP contribution in [-0.2, 0) is 13.6 Å². The van der Waals surface area contributed by atoms with Crippen LogP contribution in [0.15, 0.2) is 18.3 Å². The summed E-state index contributed by atoms with van der Waals surface area (Å²) in [4.78, 5) is 4.74. The second-order valence-electron chi connectivity index (χ2n) is 7.05. The summed E-state index contributed by atoms with van der Waals surface area (Å²) < 4.78 is 2.19. The molecule has 0 radical (unpaired) electrons. The summed E-state index contributed by atoms with van der Waals surface area (Å²) in [5.74, 6) is 3.84. The number of hydrogen-bond donors (Lipinski definition) is 0. The van der Waals surface area contributed by atoms with Crippen molar-refractivity contribution < 1.29 is 0 Å². The van der Waals surface area contributed by atoms with Gasteiger partial charge < -0.3 is 9.47 Å². The minimum atomic E-state index is 0.502. The van der Waals surface area contributed by atoms with Crippen LogP contribution in [0.25, 0.3) is 0 Å². The molecule has 0 bridgehead atoms. The van der Waals surface area contributed by atoms with E-state index >= 15 is 0 Å². The third kappa shape index (κ3) is 3.13. The molecule has 2 aliphatic rings. The predicted molar refractivity (Wildman–Crippen MR) is 91.7 cm³/mol. The summed E-state index contributed by atoms with van der Waals surface area (Å²) in [5, 5.41) is 17.1. The summed E-state index contributed by atoms with van der Waals surface area (Å²) in [6.07, 6.45) is 6.63. The minimum absolute atomic E-state index is 0.502. The van der Waals surface area contributed by atoms with Crippen LogP contribution in [0, 0.1) is 0 Å². The Morgan fingerprint density at radius 2 is 2.08 bits per heavy atom. The first-order valence-electron chi connectivity index (χ1n) is 8.83. The van der Waals surface area contributed by atoms with E-state index in [9.17, 15) is 0 Å². The summed E-state index contributed by atoms with van der Waals surface area (Å²) in [5.41, 5.74) is 0. The molecule has 128 valence electrons. The van der Waals surface area contributed by atoms with Crippen molar-refractivity contribution in [1.82, 2.24) is 29.9 Å². The lowest BCUT2D eigenvalue weighted by Crippen LogP contribution is -2.46. The molecule has 1 saturated heterocycles. The lowest BCUT2D eigenvalue weighted by molar-refractivity contribution is 0.201. The molecule has 1 unspecified atom stereocenters. The van der Waals surface area contributed by atoms with Crippen molar-refractivity contribution in [2.45, 2.75) is 44.2 Å². The lowest BCUT2D eigenvalue weighted by atomic mass is 10.0. The number of aromatic nitrogens is 5. The average Bonchev–Trinajstić information content (AvgIpc) is 3.41. The van der Waals surface area contributed by atoms with E-state index in [0.29, 0.717) is 12.0 Å². The van der Waals surface area contributed by atoms with E-state index in [4.69, 9.17) is 0 Å². The highest BCUT2D eigenvalue weighted by atomic mass is 15.3. The fraction of sp³-hybridized carbons (Fsp3) is 0.647. The van der Waals surface area contributed by atoms with E-state index in [1.54, 1.807) is 6.20 Å². The third-order valence-corrected chi connectivity index (χ3v) is 5.23. The van der Waals surface area contributed by atoms with Gasteiger partial charge in [-0.2, -0.15) is 5.10 Å². The van der Waals surface area contributed by atoms with Crippen molar-refractivity contribution in [2.24, 2.45) is 7.05 Å². The van der Waals surface area contributed by atoms with E-state index in [1.165, 1.54) is 25.7 Å². The Morgan fingerprint density at radius 1 is 1.21 bits per heavy atom. The highest BCUT2D eigenvalue weighted by Crippen LogP contribution is 2.38. The Labute approximate surface area is 142 Å². The molecule has 24 heavy (non-hydrogen) atoms. The van der Waals surface area contributed by atoms with E-state index < -0.39 is 0 Å². The number of anilines is 1. The topological polar surface area (TPSA) is 63.0 Å². The van der Waals surface area contributed by atoms with Gasteiger partial charge in [0, 0.05) is 38.3 Å². The smallest absolute Gasteiger partial charge is 0.151 e. The van der Waals surface area contributed by atoms with Crippen molar-refractivity contribution in [2.75, 3.05) is 25.0 Å². The molecule has 7 heteroatoms. The molecule has 1 aliphatic carbocycles. The van der Waals surface area contributed by atoms with E-state index in [1.807, 2.05) is 12.1 Å². The van der Waals surface area contributed by atoms with Gasteiger partial charge in [-0.25, -0.2) is 0 Å². The van der Waals surface area contributed by atoms with Crippen LogP contribution in [-0.4, -0.2) is 56.0 Å². The van der Waals surface area contributed by atoms with Crippen LogP contribution in [0.3, 0.4) is 0 Å². The molecule has 0 aromatic carbocycles. The highest BCUT2D eigenvalue weighted by molar-refractivity contribution is 5.37. The van der Waals surface area contributed by atoms with E-state index in [-0.39, 0.29) is 0 Å². The van der Waals surface area contributed by atoms with Gasteiger partial charge in [0.1, 0.15) is 11.6 Å². The second kappa shape index (κ2) is 6.47. The van der Waals surface area contributed by atoms with Crippen LogP contribution < -0.4 is 4.90 Å². The molecule has 2 fully saturated rings. The first kappa shape index (κ1) is 15.5. The summed E-state index contributed by atoms with van der Waals surface area (Å²) in [7, 11) is 4.29. The Hall–Kier alpha value is -2.02. The number of nitrogens with zero attached hydrogens (tertiary/aromatic N) is 7. The zero-order valence-corrected chi connectivity index (χ0v) is 14.5. The van der Waals surface area contributed by atoms with Gasteiger partial charge in [0.2, 0.25) is 0 Å². The molecule has 0 N–H and O–H groups in total. The molecule has 1 saturated carbocycles. The molecule has 0 amide bonds. The number of rotatable bonds is 5. The molecular formula is C17H25N7. The molecule has 1 atom stereocenters. The Kier molecular flexibility index (Phi) is 4.18. The van der Waals surface area contributed by atoms with Crippen LogP contribution >= 0.6 is 0 Å². The predicted octanol–water partition coefficient (Wildman–Crippen LogP) is 1.58. The number of hydrogen-bond acceptors (Lipinski definition) is 6. The van der Waals surface area contributed by atoms with Crippen LogP contribution in [0.2, 0.25) is 0 Å². The first-order chi connectivity index (χ1) is 11.7. The Bertz CT molecular complexity index is 680. The monoisotopic (exact) mass is 327 g/mol. The largest absolute Gasteiger partial charge is 0.354 e.